The number of rotatable bonds is 23. The van der Waals surface area contributed by atoms with Crippen LogP contribution in [0.4, 0.5) is 0 Å². The van der Waals surface area contributed by atoms with Crippen LogP contribution in [0.1, 0.15) is 76.5 Å². The minimum atomic E-state index is -4.25. The predicted octanol–water partition coefficient (Wildman–Crippen LogP) is 3.55. The van der Waals surface area contributed by atoms with Gasteiger partial charge in [0.2, 0.25) is 29.5 Å². The van der Waals surface area contributed by atoms with Gasteiger partial charge in [0, 0.05) is 32.6 Å². The number of amides is 5. The van der Waals surface area contributed by atoms with Gasteiger partial charge < -0.3 is 35.1 Å². The molecule has 2 aromatic carbocycles. The van der Waals surface area contributed by atoms with Crippen LogP contribution in [0.2, 0.25) is 0 Å². The molecule has 14 heteroatoms. The van der Waals surface area contributed by atoms with Crippen LogP contribution in [-0.2, 0) is 47.7 Å². The SMILES string of the molecule is CCCCCC(=O)N(CC(=O)N(CCCc1ccccc1)CC(=O)N(CC)CC(=O)N(CC(N)=O)CC(C)C)Cc1ccc(CP(=O)(O)O)cc1. The number of likely N-dealkylation sites (N-methyl/N-ethyl adjacent to an activating group) is 1. The molecule has 0 aliphatic carbocycles. The smallest absolute Gasteiger partial charge is 0.329 e. The summed E-state index contributed by atoms with van der Waals surface area (Å²) in [5, 5.41) is 0. The number of benzene rings is 2. The number of hydrogen-bond acceptors (Lipinski definition) is 6. The van der Waals surface area contributed by atoms with Crippen molar-refractivity contribution in [3.63, 3.8) is 0 Å². The van der Waals surface area contributed by atoms with E-state index in [2.05, 4.69) is 0 Å². The highest BCUT2D eigenvalue weighted by Gasteiger charge is 2.27. The maximum atomic E-state index is 14.0. The monoisotopic (exact) mass is 729 g/mol. The Hall–Kier alpha value is -4.06. The number of nitrogens with two attached hydrogens (primary N) is 1. The first-order valence-corrected chi connectivity index (χ1v) is 19.5. The predicted molar refractivity (Wildman–Crippen MR) is 196 cm³/mol. The lowest BCUT2D eigenvalue weighted by atomic mass is 10.1. The van der Waals surface area contributed by atoms with Crippen LogP contribution in [0, 0.1) is 5.92 Å². The Morgan fingerprint density at radius 2 is 1.25 bits per heavy atom. The highest BCUT2D eigenvalue weighted by atomic mass is 31.2. The summed E-state index contributed by atoms with van der Waals surface area (Å²) in [5.41, 5.74) is 7.59. The highest BCUT2D eigenvalue weighted by molar-refractivity contribution is 7.50. The molecule has 2 aromatic rings. The summed E-state index contributed by atoms with van der Waals surface area (Å²) in [5.74, 6) is -2.08. The van der Waals surface area contributed by atoms with Crippen molar-refractivity contribution < 1.29 is 38.3 Å². The van der Waals surface area contributed by atoms with Crippen molar-refractivity contribution in [2.75, 3.05) is 45.8 Å². The summed E-state index contributed by atoms with van der Waals surface area (Å²) >= 11 is 0. The van der Waals surface area contributed by atoms with E-state index in [-0.39, 0.29) is 64.1 Å². The molecule has 282 valence electrons. The quantitative estimate of drug-likeness (QED) is 0.115. The summed E-state index contributed by atoms with van der Waals surface area (Å²) in [6.45, 7) is 7.28. The summed E-state index contributed by atoms with van der Waals surface area (Å²) in [4.78, 5) is 90.2. The fourth-order valence-electron chi connectivity index (χ4n) is 5.59. The number of hydrogen-bond donors (Lipinski definition) is 3. The molecule has 0 aliphatic rings. The van der Waals surface area contributed by atoms with Crippen LogP contribution >= 0.6 is 7.60 Å². The van der Waals surface area contributed by atoms with Crippen molar-refractivity contribution in [1.82, 2.24) is 19.6 Å². The number of carbonyl (C=O) groups excluding carboxylic acids is 5. The van der Waals surface area contributed by atoms with Gasteiger partial charge in [0.15, 0.2) is 0 Å². The van der Waals surface area contributed by atoms with Gasteiger partial charge in [-0.1, -0.05) is 88.2 Å². The maximum absolute atomic E-state index is 14.0. The minimum absolute atomic E-state index is 0.0714. The molecule has 0 saturated carbocycles. The van der Waals surface area contributed by atoms with Crippen LogP contribution in [0.25, 0.3) is 0 Å². The molecule has 0 radical (unpaired) electrons. The molecule has 0 bridgehead atoms. The van der Waals surface area contributed by atoms with Gasteiger partial charge in [0.1, 0.15) is 6.54 Å². The first-order chi connectivity index (χ1) is 24.1. The second-order valence-corrected chi connectivity index (χ2v) is 14.9. The van der Waals surface area contributed by atoms with E-state index >= 15 is 0 Å². The van der Waals surface area contributed by atoms with Crippen molar-refractivity contribution in [3.8, 4) is 0 Å². The number of nitrogens with zero attached hydrogens (tertiary/aromatic N) is 4. The van der Waals surface area contributed by atoms with Crippen LogP contribution in [0.5, 0.6) is 0 Å². The van der Waals surface area contributed by atoms with Crippen molar-refractivity contribution in [3.05, 3.63) is 71.3 Å². The Kier molecular flexibility index (Phi) is 18.6. The van der Waals surface area contributed by atoms with E-state index in [1.807, 2.05) is 51.1 Å². The Labute approximate surface area is 302 Å². The fourth-order valence-corrected chi connectivity index (χ4v) is 6.27. The molecular weight excluding hydrogens is 673 g/mol. The molecule has 2 rings (SSSR count). The third-order valence-corrected chi connectivity index (χ3v) is 9.00. The first-order valence-electron chi connectivity index (χ1n) is 17.7. The summed E-state index contributed by atoms with van der Waals surface area (Å²) in [6.07, 6.45) is 3.48. The van der Waals surface area contributed by atoms with Crippen LogP contribution in [0.15, 0.2) is 54.6 Å². The number of carbonyl (C=O) groups is 5. The summed E-state index contributed by atoms with van der Waals surface area (Å²) in [7, 11) is -4.25. The van der Waals surface area contributed by atoms with E-state index in [0.29, 0.717) is 36.9 Å². The average molecular weight is 730 g/mol. The molecule has 0 fully saturated rings. The number of unbranched alkanes of at least 4 members (excludes halogenated alkanes) is 2. The summed E-state index contributed by atoms with van der Waals surface area (Å²) in [6, 6.07) is 16.3. The fraction of sp³-hybridized carbons (Fsp3) is 0.541. The molecular formula is C37H56N5O8P. The van der Waals surface area contributed by atoms with Gasteiger partial charge >= 0.3 is 7.60 Å². The minimum Gasteiger partial charge on any atom is -0.368 e. The van der Waals surface area contributed by atoms with E-state index in [4.69, 9.17) is 5.73 Å². The lowest BCUT2D eigenvalue weighted by molar-refractivity contribution is -0.146. The lowest BCUT2D eigenvalue weighted by Crippen LogP contribution is -2.50. The molecule has 0 saturated heterocycles. The lowest BCUT2D eigenvalue weighted by Gasteiger charge is -2.31. The van der Waals surface area contributed by atoms with Crippen LogP contribution in [0.3, 0.4) is 0 Å². The molecule has 0 spiro atoms. The Balaban J connectivity index is 2.30. The van der Waals surface area contributed by atoms with Gasteiger partial charge in [-0.2, -0.15) is 0 Å². The van der Waals surface area contributed by atoms with Crippen LogP contribution in [-0.4, -0.2) is 105 Å². The van der Waals surface area contributed by atoms with Gasteiger partial charge in [-0.05, 0) is 48.8 Å². The Morgan fingerprint density at radius 3 is 1.82 bits per heavy atom. The summed E-state index contributed by atoms with van der Waals surface area (Å²) < 4.78 is 11.5. The number of aryl methyl sites for hydroxylation is 1. The Morgan fingerprint density at radius 1 is 0.686 bits per heavy atom. The molecule has 0 unspecified atom stereocenters. The largest absolute Gasteiger partial charge is 0.368 e. The Bertz CT molecular complexity index is 1470. The molecule has 5 amide bonds. The van der Waals surface area contributed by atoms with Gasteiger partial charge in [-0.3, -0.25) is 28.5 Å². The molecule has 0 atom stereocenters. The molecule has 4 N–H and O–H groups in total. The van der Waals surface area contributed by atoms with E-state index in [9.17, 15) is 38.3 Å². The average Bonchev–Trinajstić information content (AvgIpc) is 3.06. The molecule has 0 heterocycles. The van der Waals surface area contributed by atoms with Crippen molar-refractivity contribution >= 4 is 37.1 Å². The van der Waals surface area contributed by atoms with E-state index < -0.39 is 37.4 Å². The van der Waals surface area contributed by atoms with Crippen molar-refractivity contribution in [1.29, 1.82) is 0 Å². The van der Waals surface area contributed by atoms with Gasteiger partial charge in [0.05, 0.1) is 25.8 Å². The molecule has 51 heavy (non-hydrogen) atoms. The van der Waals surface area contributed by atoms with Gasteiger partial charge in [0.25, 0.3) is 0 Å². The number of primary amides is 1. The van der Waals surface area contributed by atoms with Crippen molar-refractivity contribution in [2.24, 2.45) is 11.7 Å². The zero-order valence-electron chi connectivity index (χ0n) is 30.5. The van der Waals surface area contributed by atoms with E-state index in [1.165, 1.54) is 19.6 Å². The van der Waals surface area contributed by atoms with Crippen molar-refractivity contribution in [2.45, 2.75) is 78.9 Å². The molecule has 13 nitrogen and oxygen atoms in total. The topological polar surface area (TPSA) is 182 Å². The van der Waals surface area contributed by atoms with E-state index in [0.717, 1.165) is 18.4 Å². The third-order valence-electron chi connectivity index (χ3n) is 8.22. The van der Waals surface area contributed by atoms with Crippen LogP contribution < -0.4 is 5.73 Å². The first kappa shape index (κ1) is 43.1. The molecule has 0 aliphatic heterocycles. The van der Waals surface area contributed by atoms with E-state index in [1.54, 1.807) is 31.2 Å². The second kappa shape index (κ2) is 22.0. The second-order valence-electron chi connectivity index (χ2n) is 13.3. The molecule has 0 aromatic heterocycles. The zero-order valence-corrected chi connectivity index (χ0v) is 31.4. The zero-order chi connectivity index (χ0) is 38.0. The highest BCUT2D eigenvalue weighted by Crippen LogP contribution is 2.39. The standard InChI is InChI=1S/C37H56N5O8P/c1-5-7-9-16-34(44)42(23-31-17-19-32(20-18-31)28-51(48,49)50)27-36(46)40(21-12-15-30-13-10-8-11-14-30)26-35(45)39(6-2)25-37(47)41(22-29(3)4)24-33(38)43/h8,10-11,13-14,17-20,29H,5-7,9,12,15-16,21-28H2,1-4H3,(H2,38,43)(H2,48,49,50). The maximum Gasteiger partial charge on any atom is 0.329 e. The third kappa shape index (κ3) is 17.1. The van der Waals surface area contributed by atoms with Gasteiger partial charge in [-0.15, -0.1) is 0 Å². The normalized spacial score (nSPS) is 11.3. The van der Waals surface area contributed by atoms with Gasteiger partial charge in [-0.25, -0.2) is 0 Å².